The summed E-state index contributed by atoms with van der Waals surface area (Å²) < 4.78 is 36.2. The molecule has 2 N–H and O–H groups in total. The van der Waals surface area contributed by atoms with Crippen LogP contribution in [0.3, 0.4) is 0 Å². The number of amides is 2. The molecule has 2 amide bonds. The Morgan fingerprint density at radius 2 is 2.00 bits per heavy atom. The van der Waals surface area contributed by atoms with Crippen LogP contribution in [0.25, 0.3) is 0 Å². The molecule has 0 aromatic heterocycles. The maximum Gasteiger partial charge on any atom is 0.405 e. The van der Waals surface area contributed by atoms with Crippen molar-refractivity contribution in [3.8, 4) is 0 Å². The smallest absolute Gasteiger partial charge is 0.334 e. The van der Waals surface area contributed by atoms with Crippen molar-refractivity contribution < 1.29 is 18.0 Å². The number of alkyl halides is 3. The summed E-state index contributed by atoms with van der Waals surface area (Å²) in [6.07, 6.45) is -4.40. The van der Waals surface area contributed by atoms with Crippen molar-refractivity contribution in [1.82, 2.24) is 10.6 Å². The first-order valence-corrected chi connectivity index (χ1v) is 5.49. The molecule has 1 rings (SSSR count). The number of carbonyl (C=O) groups excluding carboxylic acids is 1. The topological polar surface area (TPSA) is 41.1 Å². The second kappa shape index (κ2) is 5.90. The molecule has 0 saturated heterocycles. The standard InChI is InChI=1S/C10H10BrF3N2O/c11-8-3-1-2-7(4-8)5-15-9(17)16-6-10(12,13)14/h1-4H,5-6H2,(H2,15,16,17). The van der Waals surface area contributed by atoms with E-state index in [-0.39, 0.29) is 6.54 Å². The zero-order valence-corrected chi connectivity index (χ0v) is 10.2. The van der Waals surface area contributed by atoms with Crippen LogP contribution in [0.4, 0.5) is 18.0 Å². The highest BCUT2D eigenvalue weighted by atomic mass is 79.9. The summed E-state index contributed by atoms with van der Waals surface area (Å²) in [5.74, 6) is 0. The molecule has 7 heteroatoms. The minimum absolute atomic E-state index is 0.170. The van der Waals surface area contributed by atoms with Gasteiger partial charge in [-0.3, -0.25) is 0 Å². The Labute approximate surface area is 105 Å². The van der Waals surface area contributed by atoms with Gasteiger partial charge >= 0.3 is 12.2 Å². The van der Waals surface area contributed by atoms with Crippen LogP contribution in [0.15, 0.2) is 28.7 Å². The van der Waals surface area contributed by atoms with Gasteiger partial charge in [0.2, 0.25) is 0 Å². The molecular weight excluding hydrogens is 301 g/mol. The molecule has 0 heterocycles. The third-order valence-electron chi connectivity index (χ3n) is 1.79. The first-order valence-electron chi connectivity index (χ1n) is 4.70. The number of hydrogen-bond acceptors (Lipinski definition) is 1. The molecule has 0 spiro atoms. The molecule has 1 aromatic rings. The minimum atomic E-state index is -4.40. The molecule has 0 aliphatic heterocycles. The van der Waals surface area contributed by atoms with Gasteiger partial charge in [-0.1, -0.05) is 28.1 Å². The number of hydrogen-bond donors (Lipinski definition) is 2. The van der Waals surface area contributed by atoms with Crippen molar-refractivity contribution in [3.05, 3.63) is 34.3 Å². The summed E-state index contributed by atoms with van der Waals surface area (Å²) in [4.78, 5) is 11.0. The van der Waals surface area contributed by atoms with E-state index in [2.05, 4.69) is 21.2 Å². The van der Waals surface area contributed by atoms with Crippen molar-refractivity contribution in [2.75, 3.05) is 6.54 Å². The van der Waals surface area contributed by atoms with Gasteiger partial charge in [0.15, 0.2) is 0 Å². The zero-order valence-electron chi connectivity index (χ0n) is 8.64. The number of nitrogens with one attached hydrogen (secondary N) is 2. The third kappa shape index (κ3) is 6.15. The molecule has 0 saturated carbocycles. The fraction of sp³-hybridized carbons (Fsp3) is 0.300. The molecule has 0 aliphatic carbocycles. The zero-order chi connectivity index (χ0) is 12.9. The van der Waals surface area contributed by atoms with E-state index in [4.69, 9.17) is 0 Å². The Morgan fingerprint density at radius 1 is 1.29 bits per heavy atom. The molecule has 1 aromatic carbocycles. The van der Waals surface area contributed by atoms with Crippen LogP contribution >= 0.6 is 15.9 Å². The molecular formula is C10H10BrF3N2O. The summed E-state index contributed by atoms with van der Waals surface area (Å²) in [7, 11) is 0. The average molecular weight is 311 g/mol. The van der Waals surface area contributed by atoms with Crippen molar-refractivity contribution in [3.63, 3.8) is 0 Å². The van der Waals surface area contributed by atoms with Gasteiger partial charge in [0.05, 0.1) is 0 Å². The van der Waals surface area contributed by atoms with Crippen LogP contribution in [0.2, 0.25) is 0 Å². The van der Waals surface area contributed by atoms with Crippen molar-refractivity contribution in [2.45, 2.75) is 12.7 Å². The normalized spacial score (nSPS) is 11.1. The largest absolute Gasteiger partial charge is 0.405 e. The van der Waals surface area contributed by atoms with Crippen molar-refractivity contribution >= 4 is 22.0 Å². The van der Waals surface area contributed by atoms with Crippen LogP contribution in [-0.2, 0) is 6.54 Å². The summed E-state index contributed by atoms with van der Waals surface area (Å²) in [5.41, 5.74) is 0.793. The van der Waals surface area contributed by atoms with E-state index in [0.717, 1.165) is 10.0 Å². The molecule has 94 valence electrons. The van der Waals surface area contributed by atoms with Gasteiger partial charge in [-0.05, 0) is 17.7 Å². The van der Waals surface area contributed by atoms with Crippen LogP contribution in [0, 0.1) is 0 Å². The van der Waals surface area contributed by atoms with E-state index in [1.807, 2.05) is 6.07 Å². The predicted octanol–water partition coefficient (Wildman–Crippen LogP) is 2.81. The first kappa shape index (κ1) is 13.8. The third-order valence-corrected chi connectivity index (χ3v) is 2.28. The molecule has 17 heavy (non-hydrogen) atoms. The highest BCUT2D eigenvalue weighted by Crippen LogP contribution is 2.12. The summed E-state index contributed by atoms with van der Waals surface area (Å²) in [6.45, 7) is -1.17. The Balaban J connectivity index is 2.33. The quantitative estimate of drug-likeness (QED) is 0.885. The Hall–Kier alpha value is -1.24. The van der Waals surface area contributed by atoms with Gasteiger partial charge in [-0.25, -0.2) is 4.79 Å². The fourth-order valence-electron chi connectivity index (χ4n) is 1.07. The molecule has 0 radical (unpaired) electrons. The van der Waals surface area contributed by atoms with Gasteiger partial charge in [-0.2, -0.15) is 13.2 Å². The summed E-state index contributed by atoms with van der Waals surface area (Å²) in [5, 5.41) is 4.05. The SMILES string of the molecule is O=C(NCc1cccc(Br)c1)NCC(F)(F)F. The van der Waals surface area contributed by atoms with E-state index in [9.17, 15) is 18.0 Å². The van der Waals surface area contributed by atoms with E-state index in [1.54, 1.807) is 23.5 Å². The van der Waals surface area contributed by atoms with Gasteiger partial charge in [0.1, 0.15) is 6.54 Å². The van der Waals surface area contributed by atoms with Gasteiger partial charge in [-0.15, -0.1) is 0 Å². The molecule has 0 bridgehead atoms. The molecule has 0 unspecified atom stereocenters. The highest BCUT2D eigenvalue weighted by Gasteiger charge is 2.27. The summed E-state index contributed by atoms with van der Waals surface area (Å²) >= 11 is 3.25. The lowest BCUT2D eigenvalue weighted by molar-refractivity contribution is -0.122. The monoisotopic (exact) mass is 310 g/mol. The lowest BCUT2D eigenvalue weighted by Crippen LogP contribution is -2.40. The molecule has 3 nitrogen and oxygen atoms in total. The fourth-order valence-corrected chi connectivity index (χ4v) is 1.52. The number of urea groups is 1. The summed E-state index contributed by atoms with van der Waals surface area (Å²) in [6, 6.07) is 6.27. The second-order valence-electron chi connectivity index (χ2n) is 3.28. The molecule has 0 atom stereocenters. The van der Waals surface area contributed by atoms with E-state index >= 15 is 0 Å². The van der Waals surface area contributed by atoms with E-state index in [0.29, 0.717) is 0 Å². The number of carbonyl (C=O) groups is 1. The van der Waals surface area contributed by atoms with Gasteiger partial charge < -0.3 is 10.6 Å². The maximum absolute atomic E-state index is 11.8. The Morgan fingerprint density at radius 3 is 2.59 bits per heavy atom. The van der Waals surface area contributed by atoms with Crippen LogP contribution in [-0.4, -0.2) is 18.8 Å². The van der Waals surface area contributed by atoms with Crippen molar-refractivity contribution in [1.29, 1.82) is 0 Å². The van der Waals surface area contributed by atoms with Crippen LogP contribution < -0.4 is 10.6 Å². The van der Waals surface area contributed by atoms with Crippen molar-refractivity contribution in [2.24, 2.45) is 0 Å². The molecule has 0 aliphatic rings. The average Bonchev–Trinajstić information content (AvgIpc) is 2.23. The number of rotatable bonds is 3. The van der Waals surface area contributed by atoms with Gasteiger partial charge in [0.25, 0.3) is 0 Å². The van der Waals surface area contributed by atoms with Crippen LogP contribution in [0.5, 0.6) is 0 Å². The van der Waals surface area contributed by atoms with E-state index in [1.165, 1.54) is 0 Å². The minimum Gasteiger partial charge on any atom is -0.334 e. The first-order chi connectivity index (χ1) is 7.87. The Kier molecular flexibility index (Phi) is 4.80. The Bertz CT molecular complexity index is 395. The van der Waals surface area contributed by atoms with Gasteiger partial charge in [0, 0.05) is 11.0 Å². The predicted molar refractivity (Wildman–Crippen MR) is 60.4 cm³/mol. The van der Waals surface area contributed by atoms with Crippen LogP contribution in [0.1, 0.15) is 5.56 Å². The second-order valence-corrected chi connectivity index (χ2v) is 4.20. The van der Waals surface area contributed by atoms with E-state index < -0.39 is 18.8 Å². The maximum atomic E-state index is 11.8. The number of halogens is 4. The lowest BCUT2D eigenvalue weighted by Gasteiger charge is -2.09. The highest BCUT2D eigenvalue weighted by molar-refractivity contribution is 9.10. The molecule has 0 fully saturated rings. The number of benzene rings is 1. The lowest BCUT2D eigenvalue weighted by atomic mass is 10.2.